The molecule has 1 aliphatic rings. The molecule has 0 amide bonds. The van der Waals surface area contributed by atoms with Crippen LogP contribution in [0.2, 0.25) is 0 Å². The lowest BCUT2D eigenvalue weighted by atomic mass is 9.77. The summed E-state index contributed by atoms with van der Waals surface area (Å²) in [6, 6.07) is 5.46. The van der Waals surface area contributed by atoms with Crippen LogP contribution < -0.4 is 4.72 Å². The summed E-state index contributed by atoms with van der Waals surface area (Å²) in [7, 11) is -3.57. The third-order valence-corrected chi connectivity index (χ3v) is 6.77. The molecule has 4 nitrogen and oxygen atoms in total. The third kappa shape index (κ3) is 3.16. The minimum atomic E-state index is -3.57. The van der Waals surface area contributed by atoms with Gasteiger partial charge in [-0.25, -0.2) is 8.42 Å². The first-order valence-corrected chi connectivity index (χ1v) is 8.86. The van der Waals surface area contributed by atoms with Crippen LogP contribution in [0.4, 0.5) is 0 Å². The first-order valence-electron chi connectivity index (χ1n) is 6.50. The Balaban J connectivity index is 2.15. The van der Waals surface area contributed by atoms with Gasteiger partial charge in [0.15, 0.2) is 0 Å². The number of thiophene rings is 1. The quantitative estimate of drug-likeness (QED) is 0.929. The number of nitrogens with one attached hydrogen (secondary N) is 1. The number of sulfonamides is 1. The van der Waals surface area contributed by atoms with E-state index in [1.807, 2.05) is 0 Å². The molecular formula is C13H18N2O2S2. The lowest BCUT2D eigenvalue weighted by molar-refractivity contribution is 0.259. The Morgan fingerprint density at radius 1 is 1.53 bits per heavy atom. The van der Waals surface area contributed by atoms with Gasteiger partial charge in [-0.1, -0.05) is 19.4 Å². The van der Waals surface area contributed by atoms with Crippen molar-refractivity contribution in [3.63, 3.8) is 0 Å². The molecule has 0 bridgehead atoms. The zero-order chi connectivity index (χ0) is 13.9. The predicted octanol–water partition coefficient (Wildman–Crippen LogP) is 2.89. The molecule has 1 aromatic heterocycles. The second kappa shape index (κ2) is 5.61. The van der Waals surface area contributed by atoms with Gasteiger partial charge in [-0.15, -0.1) is 11.3 Å². The monoisotopic (exact) mass is 298 g/mol. The minimum absolute atomic E-state index is 0.278. The molecule has 1 aliphatic carbocycles. The van der Waals surface area contributed by atoms with Gasteiger partial charge in [-0.2, -0.15) is 9.98 Å². The van der Waals surface area contributed by atoms with Crippen molar-refractivity contribution in [2.45, 2.75) is 48.8 Å². The fourth-order valence-corrected chi connectivity index (χ4v) is 4.91. The van der Waals surface area contributed by atoms with Crippen molar-refractivity contribution in [2.75, 3.05) is 0 Å². The fourth-order valence-electron chi connectivity index (χ4n) is 2.54. The maximum atomic E-state index is 12.2. The van der Waals surface area contributed by atoms with Gasteiger partial charge in [0.05, 0.1) is 6.07 Å². The van der Waals surface area contributed by atoms with Crippen LogP contribution in [0.25, 0.3) is 0 Å². The highest BCUT2D eigenvalue weighted by atomic mass is 32.2. The molecule has 1 saturated carbocycles. The highest BCUT2D eigenvalue weighted by Gasteiger charge is 2.39. The zero-order valence-electron chi connectivity index (χ0n) is 10.9. The van der Waals surface area contributed by atoms with Crippen molar-refractivity contribution in [1.82, 2.24) is 4.72 Å². The molecule has 104 valence electrons. The Hall–Kier alpha value is -0.900. The topological polar surface area (TPSA) is 70.0 Å². The van der Waals surface area contributed by atoms with Crippen molar-refractivity contribution < 1.29 is 8.42 Å². The van der Waals surface area contributed by atoms with E-state index in [2.05, 4.69) is 17.7 Å². The Morgan fingerprint density at radius 2 is 2.21 bits per heavy atom. The van der Waals surface area contributed by atoms with E-state index < -0.39 is 15.6 Å². The van der Waals surface area contributed by atoms with Crippen LogP contribution in [0.5, 0.6) is 0 Å². The van der Waals surface area contributed by atoms with Crippen LogP contribution in [-0.2, 0) is 10.0 Å². The SMILES string of the molecule is CCC1CCC(C#N)(NS(=O)(=O)c2cccs2)CC1. The minimum Gasteiger partial charge on any atom is -0.206 e. The average Bonchev–Trinajstić information content (AvgIpc) is 2.94. The molecule has 1 heterocycles. The summed E-state index contributed by atoms with van der Waals surface area (Å²) >= 11 is 1.17. The molecule has 0 unspecified atom stereocenters. The van der Waals surface area contributed by atoms with E-state index in [1.54, 1.807) is 17.5 Å². The largest absolute Gasteiger partial charge is 0.251 e. The van der Waals surface area contributed by atoms with E-state index >= 15 is 0 Å². The molecule has 0 radical (unpaired) electrons. The van der Waals surface area contributed by atoms with E-state index in [0.717, 1.165) is 19.3 Å². The summed E-state index contributed by atoms with van der Waals surface area (Å²) in [5.74, 6) is 0.618. The van der Waals surface area contributed by atoms with Gasteiger partial charge in [0.2, 0.25) is 0 Å². The molecular weight excluding hydrogens is 280 g/mol. The maximum Gasteiger partial charge on any atom is 0.251 e. The summed E-state index contributed by atoms with van der Waals surface area (Å²) < 4.78 is 27.4. The van der Waals surface area contributed by atoms with E-state index in [-0.39, 0.29) is 4.21 Å². The predicted molar refractivity (Wildman–Crippen MR) is 75.2 cm³/mol. The highest BCUT2D eigenvalue weighted by Crippen LogP contribution is 2.34. The van der Waals surface area contributed by atoms with Crippen LogP contribution in [0.1, 0.15) is 39.0 Å². The van der Waals surface area contributed by atoms with Crippen LogP contribution >= 0.6 is 11.3 Å². The first-order chi connectivity index (χ1) is 9.01. The molecule has 19 heavy (non-hydrogen) atoms. The molecule has 1 N–H and O–H groups in total. The lowest BCUT2D eigenvalue weighted by Gasteiger charge is -2.34. The molecule has 0 spiro atoms. The van der Waals surface area contributed by atoms with Crippen molar-refractivity contribution in [1.29, 1.82) is 5.26 Å². The Labute approximate surface area is 118 Å². The average molecular weight is 298 g/mol. The molecule has 0 saturated heterocycles. The van der Waals surface area contributed by atoms with Crippen LogP contribution in [0.15, 0.2) is 21.7 Å². The summed E-state index contributed by atoms with van der Waals surface area (Å²) in [5, 5.41) is 11.1. The van der Waals surface area contributed by atoms with Crippen molar-refractivity contribution in [3.8, 4) is 6.07 Å². The van der Waals surface area contributed by atoms with Crippen molar-refractivity contribution in [3.05, 3.63) is 17.5 Å². The smallest absolute Gasteiger partial charge is 0.206 e. The van der Waals surface area contributed by atoms with Crippen LogP contribution in [0, 0.1) is 17.2 Å². The Bertz CT molecular complexity index is 550. The normalized spacial score (nSPS) is 27.9. The lowest BCUT2D eigenvalue weighted by Crippen LogP contribution is -2.49. The summed E-state index contributed by atoms with van der Waals surface area (Å²) in [6.45, 7) is 2.14. The van der Waals surface area contributed by atoms with Crippen LogP contribution in [-0.4, -0.2) is 14.0 Å². The van der Waals surface area contributed by atoms with Gasteiger partial charge in [0.25, 0.3) is 10.0 Å². The summed E-state index contributed by atoms with van der Waals surface area (Å²) in [5.41, 5.74) is -0.922. The van der Waals surface area contributed by atoms with E-state index in [9.17, 15) is 13.7 Å². The third-order valence-electron chi connectivity index (χ3n) is 3.84. The zero-order valence-corrected chi connectivity index (χ0v) is 12.6. The molecule has 0 aromatic carbocycles. The molecule has 0 aliphatic heterocycles. The van der Waals surface area contributed by atoms with Gasteiger partial charge in [0.1, 0.15) is 9.75 Å². The summed E-state index contributed by atoms with van der Waals surface area (Å²) in [4.78, 5) is 0. The second-order valence-corrected chi connectivity index (χ2v) is 7.94. The number of nitrogens with zero attached hydrogens (tertiary/aromatic N) is 1. The number of rotatable bonds is 4. The van der Waals surface area contributed by atoms with Gasteiger partial charge < -0.3 is 0 Å². The highest BCUT2D eigenvalue weighted by molar-refractivity contribution is 7.91. The van der Waals surface area contributed by atoms with E-state index in [0.29, 0.717) is 18.8 Å². The summed E-state index contributed by atoms with van der Waals surface area (Å²) in [6.07, 6.45) is 4.13. The molecule has 1 aromatic rings. The Kier molecular flexibility index (Phi) is 4.29. The standard InChI is InChI=1S/C13H18N2O2S2/c1-2-11-5-7-13(10-14,8-6-11)15-19(16,17)12-4-3-9-18-12/h3-4,9,11,15H,2,5-8H2,1H3. The Morgan fingerprint density at radius 3 is 2.68 bits per heavy atom. The van der Waals surface area contributed by atoms with E-state index in [4.69, 9.17) is 0 Å². The van der Waals surface area contributed by atoms with E-state index in [1.165, 1.54) is 11.3 Å². The number of hydrogen-bond acceptors (Lipinski definition) is 4. The van der Waals surface area contributed by atoms with Gasteiger partial charge in [0, 0.05) is 0 Å². The van der Waals surface area contributed by atoms with Crippen LogP contribution in [0.3, 0.4) is 0 Å². The molecule has 6 heteroatoms. The molecule has 2 rings (SSSR count). The van der Waals surface area contributed by atoms with Gasteiger partial charge in [-0.05, 0) is 43.0 Å². The molecule has 1 fully saturated rings. The van der Waals surface area contributed by atoms with Gasteiger partial charge in [-0.3, -0.25) is 0 Å². The second-order valence-electron chi connectivity index (χ2n) is 5.08. The maximum absolute atomic E-state index is 12.2. The first kappa shape index (κ1) is 14.5. The fraction of sp³-hybridized carbons (Fsp3) is 0.615. The molecule has 0 atom stereocenters. The number of nitriles is 1. The van der Waals surface area contributed by atoms with Crippen molar-refractivity contribution in [2.24, 2.45) is 5.92 Å². The van der Waals surface area contributed by atoms with Crippen molar-refractivity contribution >= 4 is 21.4 Å². The number of hydrogen-bond donors (Lipinski definition) is 1. The van der Waals surface area contributed by atoms with Gasteiger partial charge >= 0.3 is 0 Å².